The maximum Gasteiger partial charge on any atom is 0.325 e. The van der Waals surface area contributed by atoms with Crippen LogP contribution in [0.25, 0.3) is 27.7 Å². The summed E-state index contributed by atoms with van der Waals surface area (Å²) in [4.78, 5) is 11.2. The van der Waals surface area contributed by atoms with Gasteiger partial charge < -0.3 is 25.6 Å². The van der Waals surface area contributed by atoms with Crippen LogP contribution < -0.4 is 5.73 Å². The van der Waals surface area contributed by atoms with Gasteiger partial charge >= 0.3 is 5.97 Å². The minimum Gasteiger partial charge on any atom is -0.480 e. The molecular weight excluding hydrogens is 437 g/mol. The Morgan fingerprint density at radius 3 is 2.68 bits per heavy atom. The molecule has 0 aliphatic carbocycles. The van der Waals surface area contributed by atoms with Gasteiger partial charge in [-0.3, -0.25) is 9.48 Å². The quantitative estimate of drug-likeness (QED) is 0.294. The second-order valence-electron chi connectivity index (χ2n) is 8.42. The lowest BCUT2D eigenvalue weighted by molar-refractivity contribution is -0.137. The van der Waals surface area contributed by atoms with Gasteiger partial charge in [0.25, 0.3) is 0 Å². The summed E-state index contributed by atoms with van der Waals surface area (Å²) in [7, 11) is 0. The molecule has 0 bridgehead atoms. The standard InChI is InChI=1S/C25H24FN5O3/c26-18-1-3-19(4-2-18)31-22-9-16(11-27)21(28)10-20(22)24(25(31)15-5-7-34-8-6-15)17-12-29-30(13-17)14-23(32)33/h1-4,9-13,15,27H,5-8,14,28H2,(H,32,33). The number of carboxylic acid groups (broad SMARTS) is 1. The maximum atomic E-state index is 13.8. The van der Waals surface area contributed by atoms with E-state index in [2.05, 4.69) is 9.67 Å². The Bertz CT molecular complexity index is 1380. The average molecular weight is 461 g/mol. The fourth-order valence-electron chi connectivity index (χ4n) is 4.76. The number of aromatic nitrogens is 3. The molecule has 3 heterocycles. The van der Waals surface area contributed by atoms with E-state index in [9.17, 15) is 14.3 Å². The summed E-state index contributed by atoms with van der Waals surface area (Å²) in [5, 5.41) is 22.1. The van der Waals surface area contributed by atoms with E-state index in [0.29, 0.717) is 24.5 Å². The predicted molar refractivity (Wildman–Crippen MR) is 127 cm³/mol. The molecule has 1 fully saturated rings. The second kappa shape index (κ2) is 8.75. The van der Waals surface area contributed by atoms with Gasteiger partial charge in [0.1, 0.15) is 12.4 Å². The number of rotatable bonds is 6. The Balaban J connectivity index is 1.85. The molecule has 2 aromatic heterocycles. The summed E-state index contributed by atoms with van der Waals surface area (Å²) in [5.74, 6) is -1.16. The van der Waals surface area contributed by atoms with E-state index in [1.54, 1.807) is 24.5 Å². The van der Waals surface area contributed by atoms with Crippen molar-refractivity contribution in [1.82, 2.24) is 14.3 Å². The molecule has 5 rings (SSSR count). The number of halogens is 1. The smallest absolute Gasteiger partial charge is 0.325 e. The zero-order chi connectivity index (χ0) is 23.8. The first-order valence-electron chi connectivity index (χ1n) is 11.0. The van der Waals surface area contributed by atoms with Crippen LogP contribution in [-0.2, 0) is 16.1 Å². The maximum absolute atomic E-state index is 13.8. The van der Waals surface area contributed by atoms with E-state index >= 15 is 0 Å². The van der Waals surface area contributed by atoms with Crippen molar-refractivity contribution < 1.29 is 19.0 Å². The number of anilines is 1. The number of carboxylic acids is 1. The minimum atomic E-state index is -0.979. The number of nitrogens with zero attached hydrogens (tertiary/aromatic N) is 3. The summed E-state index contributed by atoms with van der Waals surface area (Å²) >= 11 is 0. The normalized spacial score (nSPS) is 14.5. The number of hydrogen-bond donors (Lipinski definition) is 3. The molecule has 34 heavy (non-hydrogen) atoms. The van der Waals surface area contributed by atoms with Crippen LogP contribution in [0.4, 0.5) is 10.1 Å². The lowest BCUT2D eigenvalue weighted by Gasteiger charge is -2.25. The summed E-state index contributed by atoms with van der Waals surface area (Å²) in [6.07, 6.45) is 6.22. The molecule has 8 nitrogen and oxygen atoms in total. The van der Waals surface area contributed by atoms with Gasteiger partial charge in [0.05, 0.1) is 11.7 Å². The Labute approximate surface area is 194 Å². The third-order valence-corrected chi connectivity index (χ3v) is 6.28. The molecule has 2 aromatic carbocycles. The zero-order valence-corrected chi connectivity index (χ0v) is 18.4. The van der Waals surface area contributed by atoms with Gasteiger partial charge in [-0.25, -0.2) is 4.39 Å². The lowest BCUT2D eigenvalue weighted by Crippen LogP contribution is -2.17. The van der Waals surface area contributed by atoms with Gasteiger partial charge in [-0.2, -0.15) is 5.10 Å². The van der Waals surface area contributed by atoms with E-state index < -0.39 is 5.97 Å². The van der Waals surface area contributed by atoms with E-state index in [1.807, 2.05) is 12.1 Å². The molecular formula is C25H24FN5O3. The predicted octanol–water partition coefficient (Wildman–Crippen LogP) is 4.19. The van der Waals surface area contributed by atoms with Crippen LogP contribution in [0.5, 0.6) is 0 Å². The van der Waals surface area contributed by atoms with Crippen molar-refractivity contribution in [3.8, 4) is 16.8 Å². The second-order valence-corrected chi connectivity index (χ2v) is 8.42. The molecule has 0 unspecified atom stereocenters. The van der Waals surface area contributed by atoms with Crippen LogP contribution in [0.15, 0.2) is 48.8 Å². The number of benzene rings is 2. The van der Waals surface area contributed by atoms with Crippen LogP contribution in [0, 0.1) is 11.2 Å². The topological polar surface area (TPSA) is 119 Å². The van der Waals surface area contributed by atoms with Crippen LogP contribution in [-0.4, -0.2) is 44.9 Å². The monoisotopic (exact) mass is 461 g/mol. The molecule has 0 atom stereocenters. The van der Waals surface area contributed by atoms with Crippen molar-refractivity contribution in [2.45, 2.75) is 25.3 Å². The van der Waals surface area contributed by atoms with Crippen molar-refractivity contribution in [2.24, 2.45) is 0 Å². The highest BCUT2D eigenvalue weighted by Gasteiger charge is 2.29. The molecule has 0 radical (unpaired) electrons. The minimum absolute atomic E-state index is 0.147. The van der Waals surface area contributed by atoms with Crippen LogP contribution in [0.2, 0.25) is 0 Å². The van der Waals surface area contributed by atoms with E-state index in [1.165, 1.54) is 23.0 Å². The number of aliphatic carboxylic acids is 1. The number of nitrogen functional groups attached to an aromatic ring is 1. The molecule has 9 heteroatoms. The zero-order valence-electron chi connectivity index (χ0n) is 18.4. The first kappa shape index (κ1) is 21.8. The fourth-order valence-corrected chi connectivity index (χ4v) is 4.76. The van der Waals surface area contributed by atoms with Crippen molar-refractivity contribution in [2.75, 3.05) is 18.9 Å². The Morgan fingerprint density at radius 2 is 2.00 bits per heavy atom. The number of fused-ring (bicyclic) bond motifs is 1. The highest BCUT2D eigenvalue weighted by molar-refractivity contribution is 6.04. The lowest BCUT2D eigenvalue weighted by atomic mass is 9.90. The first-order chi connectivity index (χ1) is 16.5. The number of nitrogens with two attached hydrogens (primary N) is 1. The Kier molecular flexibility index (Phi) is 5.62. The van der Waals surface area contributed by atoms with Crippen molar-refractivity contribution in [3.63, 3.8) is 0 Å². The molecule has 4 N–H and O–H groups in total. The van der Waals surface area contributed by atoms with Crippen molar-refractivity contribution in [1.29, 1.82) is 5.41 Å². The summed E-state index contributed by atoms with van der Waals surface area (Å²) in [6, 6.07) is 10.0. The number of hydrogen-bond acceptors (Lipinski definition) is 5. The molecule has 4 aromatic rings. The van der Waals surface area contributed by atoms with Gasteiger partial charge in [-0.15, -0.1) is 0 Å². The van der Waals surface area contributed by atoms with E-state index in [-0.39, 0.29) is 18.3 Å². The summed E-state index contributed by atoms with van der Waals surface area (Å²) in [6.45, 7) is 1.01. The largest absolute Gasteiger partial charge is 0.480 e. The van der Waals surface area contributed by atoms with Gasteiger partial charge in [-0.1, -0.05) is 0 Å². The van der Waals surface area contributed by atoms with E-state index in [4.69, 9.17) is 15.9 Å². The molecule has 1 aliphatic rings. The van der Waals surface area contributed by atoms with E-state index in [0.717, 1.165) is 46.3 Å². The third-order valence-electron chi connectivity index (χ3n) is 6.28. The third kappa shape index (κ3) is 3.84. The number of ether oxygens (including phenoxy) is 1. The van der Waals surface area contributed by atoms with Gasteiger partial charge in [-0.05, 0) is 49.2 Å². The fraction of sp³-hybridized carbons (Fsp3) is 0.240. The molecule has 1 aliphatic heterocycles. The summed E-state index contributed by atoms with van der Waals surface area (Å²) < 4.78 is 22.9. The Morgan fingerprint density at radius 1 is 1.26 bits per heavy atom. The van der Waals surface area contributed by atoms with Crippen molar-refractivity contribution in [3.05, 3.63) is 65.9 Å². The molecule has 174 valence electrons. The SMILES string of the molecule is N=Cc1cc2c(cc1N)c(-c1cnn(CC(=O)O)c1)c(C1CCOCC1)n2-c1ccc(F)cc1. The van der Waals surface area contributed by atoms with Crippen LogP contribution in [0.1, 0.15) is 30.0 Å². The number of nitrogens with one attached hydrogen (secondary N) is 1. The van der Waals surface area contributed by atoms with Gasteiger partial charge in [0.2, 0.25) is 0 Å². The van der Waals surface area contributed by atoms with Gasteiger partial charge in [0.15, 0.2) is 0 Å². The molecule has 0 amide bonds. The average Bonchev–Trinajstić information content (AvgIpc) is 3.41. The highest BCUT2D eigenvalue weighted by Crippen LogP contribution is 2.44. The molecule has 0 spiro atoms. The molecule has 0 saturated carbocycles. The molecule has 1 saturated heterocycles. The first-order valence-corrected chi connectivity index (χ1v) is 11.0. The Hall–Kier alpha value is -3.98. The number of carbonyl (C=O) groups is 1. The highest BCUT2D eigenvalue weighted by atomic mass is 19.1. The summed E-state index contributed by atoms with van der Waals surface area (Å²) in [5.41, 5.74) is 11.7. The van der Waals surface area contributed by atoms with Crippen molar-refractivity contribution >= 4 is 28.8 Å². The van der Waals surface area contributed by atoms with Crippen LogP contribution in [0.3, 0.4) is 0 Å². The van der Waals surface area contributed by atoms with Gasteiger partial charge in [0, 0.05) is 70.7 Å². The van der Waals surface area contributed by atoms with Crippen LogP contribution >= 0.6 is 0 Å².